The van der Waals surface area contributed by atoms with Crippen LogP contribution in [-0.2, 0) is 6.54 Å². The van der Waals surface area contributed by atoms with Gasteiger partial charge in [-0.1, -0.05) is 48.0 Å². The number of benzene rings is 3. The lowest BCUT2D eigenvalue weighted by molar-refractivity contribution is 0.217. The van der Waals surface area contributed by atoms with E-state index in [2.05, 4.69) is 18.3 Å². The van der Waals surface area contributed by atoms with Crippen molar-refractivity contribution >= 4 is 17.3 Å². The Kier molecular flexibility index (Phi) is 6.39. The summed E-state index contributed by atoms with van der Waals surface area (Å²) in [6.45, 7) is 3.78. The largest absolute Gasteiger partial charge is 0.490 e. The predicted octanol–water partition coefficient (Wildman–Crippen LogP) is 5.72. The van der Waals surface area contributed by atoms with Gasteiger partial charge >= 0.3 is 0 Å². The fourth-order valence-corrected chi connectivity index (χ4v) is 2.74. The van der Waals surface area contributed by atoms with Gasteiger partial charge in [-0.3, -0.25) is 0 Å². The Hall–Kier alpha value is -2.65. The molecule has 3 nitrogen and oxygen atoms in total. The van der Waals surface area contributed by atoms with Gasteiger partial charge in [0.15, 0.2) is 0 Å². The molecular weight excluding hydrogens is 346 g/mol. The van der Waals surface area contributed by atoms with Crippen molar-refractivity contribution in [2.45, 2.75) is 13.5 Å². The molecule has 0 aliphatic rings. The smallest absolute Gasteiger partial charge is 0.122 e. The molecule has 3 aromatic carbocycles. The molecule has 0 heterocycles. The van der Waals surface area contributed by atoms with Crippen LogP contribution in [0.4, 0.5) is 5.69 Å². The van der Waals surface area contributed by atoms with E-state index >= 15 is 0 Å². The van der Waals surface area contributed by atoms with Gasteiger partial charge in [-0.25, -0.2) is 0 Å². The van der Waals surface area contributed by atoms with Gasteiger partial charge in [0.1, 0.15) is 24.7 Å². The van der Waals surface area contributed by atoms with Crippen LogP contribution in [0.3, 0.4) is 0 Å². The van der Waals surface area contributed by atoms with Gasteiger partial charge in [0.2, 0.25) is 0 Å². The van der Waals surface area contributed by atoms with Crippen LogP contribution in [0.5, 0.6) is 11.5 Å². The fourth-order valence-electron chi connectivity index (χ4n) is 2.56. The van der Waals surface area contributed by atoms with Gasteiger partial charge < -0.3 is 14.8 Å². The summed E-state index contributed by atoms with van der Waals surface area (Å²) in [5.74, 6) is 1.69. The van der Waals surface area contributed by atoms with E-state index in [4.69, 9.17) is 21.1 Å². The summed E-state index contributed by atoms with van der Waals surface area (Å²) in [6.07, 6.45) is 0. The minimum absolute atomic E-state index is 0.499. The van der Waals surface area contributed by atoms with Crippen LogP contribution in [0, 0.1) is 6.92 Å². The molecule has 1 N–H and O–H groups in total. The fraction of sp³-hybridized carbons (Fsp3) is 0.182. The summed E-state index contributed by atoms with van der Waals surface area (Å²) in [4.78, 5) is 0. The van der Waals surface area contributed by atoms with E-state index in [-0.39, 0.29) is 0 Å². The van der Waals surface area contributed by atoms with Crippen molar-refractivity contribution < 1.29 is 9.47 Å². The molecule has 26 heavy (non-hydrogen) atoms. The summed E-state index contributed by atoms with van der Waals surface area (Å²) in [7, 11) is 0. The molecule has 0 aromatic heterocycles. The maximum Gasteiger partial charge on any atom is 0.122 e. The molecule has 0 saturated carbocycles. The SMILES string of the molecule is Cc1ccc(Cl)cc1NCc1cccc(OCCOc2ccccc2)c1. The molecule has 0 bridgehead atoms. The van der Waals surface area contributed by atoms with E-state index in [9.17, 15) is 0 Å². The molecule has 0 unspecified atom stereocenters. The molecule has 0 aliphatic heterocycles. The van der Waals surface area contributed by atoms with Gasteiger partial charge in [0.05, 0.1) is 0 Å². The van der Waals surface area contributed by atoms with Crippen molar-refractivity contribution in [1.29, 1.82) is 0 Å². The zero-order valence-corrected chi connectivity index (χ0v) is 15.5. The minimum Gasteiger partial charge on any atom is -0.490 e. The average molecular weight is 368 g/mol. The Labute approximate surface area is 159 Å². The van der Waals surface area contributed by atoms with Crippen molar-refractivity contribution in [3.63, 3.8) is 0 Å². The van der Waals surface area contributed by atoms with Gasteiger partial charge in [-0.05, 0) is 54.4 Å². The molecule has 0 atom stereocenters. The molecule has 0 spiro atoms. The lowest BCUT2D eigenvalue weighted by atomic mass is 10.1. The Bertz CT molecular complexity index is 837. The van der Waals surface area contributed by atoms with Crippen molar-refractivity contribution in [3.8, 4) is 11.5 Å². The molecule has 0 saturated heterocycles. The number of aryl methyl sites for hydroxylation is 1. The van der Waals surface area contributed by atoms with Crippen molar-refractivity contribution in [2.75, 3.05) is 18.5 Å². The van der Waals surface area contributed by atoms with E-state index in [1.165, 1.54) is 5.56 Å². The van der Waals surface area contributed by atoms with Crippen LogP contribution >= 0.6 is 11.6 Å². The summed E-state index contributed by atoms with van der Waals surface area (Å²) in [5.41, 5.74) is 3.35. The number of nitrogens with one attached hydrogen (secondary N) is 1. The van der Waals surface area contributed by atoms with Crippen molar-refractivity contribution in [1.82, 2.24) is 0 Å². The first-order valence-corrected chi connectivity index (χ1v) is 8.98. The molecule has 0 aliphatic carbocycles. The zero-order chi connectivity index (χ0) is 18.2. The van der Waals surface area contributed by atoms with Crippen molar-refractivity contribution in [2.24, 2.45) is 0 Å². The highest BCUT2D eigenvalue weighted by molar-refractivity contribution is 6.30. The molecule has 0 fully saturated rings. The van der Waals surface area contributed by atoms with Gasteiger partial charge in [0.25, 0.3) is 0 Å². The summed E-state index contributed by atoms with van der Waals surface area (Å²) >= 11 is 6.07. The second kappa shape index (κ2) is 9.16. The third kappa shape index (κ3) is 5.43. The van der Waals surface area contributed by atoms with Crippen LogP contribution < -0.4 is 14.8 Å². The second-order valence-electron chi connectivity index (χ2n) is 5.97. The molecule has 0 amide bonds. The Morgan fingerprint density at radius 3 is 2.35 bits per heavy atom. The quantitative estimate of drug-likeness (QED) is 0.516. The number of rotatable bonds is 8. The summed E-state index contributed by atoms with van der Waals surface area (Å²) in [6, 6.07) is 23.6. The lowest BCUT2D eigenvalue weighted by Crippen LogP contribution is -2.09. The van der Waals surface area contributed by atoms with E-state index in [0.717, 1.165) is 27.8 Å². The first-order chi connectivity index (χ1) is 12.7. The normalized spacial score (nSPS) is 10.4. The monoisotopic (exact) mass is 367 g/mol. The molecule has 4 heteroatoms. The number of hydrogen-bond donors (Lipinski definition) is 1. The van der Waals surface area contributed by atoms with Crippen LogP contribution in [0.2, 0.25) is 5.02 Å². The molecule has 3 aromatic rings. The van der Waals surface area contributed by atoms with Crippen molar-refractivity contribution in [3.05, 3.63) is 88.9 Å². The Balaban J connectivity index is 1.49. The van der Waals surface area contributed by atoms with Gasteiger partial charge in [-0.2, -0.15) is 0 Å². The predicted molar refractivity (Wildman–Crippen MR) is 107 cm³/mol. The first-order valence-electron chi connectivity index (χ1n) is 8.60. The Morgan fingerprint density at radius 1 is 0.808 bits per heavy atom. The topological polar surface area (TPSA) is 30.5 Å². The van der Waals surface area contributed by atoms with E-state index in [0.29, 0.717) is 19.8 Å². The molecule has 134 valence electrons. The second-order valence-corrected chi connectivity index (χ2v) is 6.41. The highest BCUT2D eigenvalue weighted by Gasteiger charge is 2.01. The number of ether oxygens (including phenoxy) is 2. The van der Waals surface area contributed by atoms with Gasteiger partial charge in [-0.15, -0.1) is 0 Å². The standard InChI is InChI=1S/C22H22ClNO2/c1-17-10-11-19(23)15-22(17)24-16-18-6-5-9-21(14-18)26-13-12-25-20-7-3-2-4-8-20/h2-11,14-15,24H,12-13,16H2,1H3. The molecular formula is C22H22ClNO2. The van der Waals surface area contributed by atoms with E-state index in [1.54, 1.807) is 0 Å². The number of anilines is 1. The van der Waals surface area contributed by atoms with E-state index < -0.39 is 0 Å². The number of para-hydroxylation sites is 1. The number of hydrogen-bond acceptors (Lipinski definition) is 3. The van der Waals surface area contributed by atoms with Gasteiger partial charge in [0, 0.05) is 17.3 Å². The third-order valence-corrected chi connectivity index (χ3v) is 4.18. The zero-order valence-electron chi connectivity index (χ0n) is 14.7. The minimum atomic E-state index is 0.499. The Morgan fingerprint density at radius 2 is 1.54 bits per heavy atom. The van der Waals surface area contributed by atoms with Crippen LogP contribution in [0.1, 0.15) is 11.1 Å². The van der Waals surface area contributed by atoms with E-state index in [1.807, 2.05) is 66.7 Å². The lowest BCUT2D eigenvalue weighted by Gasteiger charge is -2.12. The first kappa shape index (κ1) is 18.2. The highest BCUT2D eigenvalue weighted by atomic mass is 35.5. The van der Waals surface area contributed by atoms with Crippen LogP contribution in [-0.4, -0.2) is 13.2 Å². The average Bonchev–Trinajstić information content (AvgIpc) is 2.67. The molecule has 3 rings (SSSR count). The summed E-state index contributed by atoms with van der Waals surface area (Å²) < 4.78 is 11.4. The third-order valence-electron chi connectivity index (χ3n) is 3.95. The number of halogens is 1. The summed E-state index contributed by atoms with van der Waals surface area (Å²) in [5, 5.41) is 4.15. The van der Waals surface area contributed by atoms with Crippen LogP contribution in [0.25, 0.3) is 0 Å². The maximum absolute atomic E-state index is 6.07. The molecule has 0 radical (unpaired) electrons. The van der Waals surface area contributed by atoms with Crippen LogP contribution in [0.15, 0.2) is 72.8 Å². The highest BCUT2D eigenvalue weighted by Crippen LogP contribution is 2.21. The maximum atomic E-state index is 6.07.